The van der Waals surface area contributed by atoms with Gasteiger partial charge in [-0.15, -0.1) is 0 Å². The van der Waals surface area contributed by atoms with Gasteiger partial charge in [-0.25, -0.2) is 4.39 Å². The molecule has 0 aromatic heterocycles. The molecule has 228 valence electrons. The Kier molecular flexibility index (Phi) is 7.14. The molecule has 2 fully saturated rings. The Labute approximate surface area is 188 Å². The summed E-state index contributed by atoms with van der Waals surface area (Å²) < 4.78 is 296. The van der Waals surface area contributed by atoms with E-state index in [-0.39, 0.29) is 0 Å². The second-order valence-corrected chi connectivity index (χ2v) is 6.90. The largest absolute Gasteiger partial charge is 0.455 e. The van der Waals surface area contributed by atoms with E-state index < -0.39 is 71.8 Å². The Hall–Kier alpha value is -1.76. The van der Waals surface area contributed by atoms with Crippen molar-refractivity contribution < 1.29 is 115 Å². The summed E-state index contributed by atoms with van der Waals surface area (Å²) in [5, 5.41) is 0. The molecule has 0 aromatic carbocycles. The third-order valence-corrected chi connectivity index (χ3v) is 4.66. The molecule has 0 bridgehead atoms. The first kappa shape index (κ1) is 34.3. The number of halogens is 24. The zero-order valence-corrected chi connectivity index (χ0v) is 15.9. The Morgan fingerprint density at radius 1 is 0.342 bits per heavy atom. The van der Waals surface area contributed by atoms with Crippen LogP contribution in [0.25, 0.3) is 0 Å². The van der Waals surface area contributed by atoms with Crippen molar-refractivity contribution in [1.29, 1.82) is 0 Å². The fourth-order valence-corrected chi connectivity index (χ4v) is 2.91. The zero-order chi connectivity index (χ0) is 31.4. The molecule has 26 heteroatoms. The van der Waals surface area contributed by atoms with E-state index in [0.29, 0.717) is 0 Å². The van der Waals surface area contributed by atoms with E-state index in [1.54, 1.807) is 0 Å². The molecule has 2 atom stereocenters. The number of hydrogen-bond acceptors (Lipinski definition) is 2. The first-order valence-electron chi connectivity index (χ1n) is 7.85. The maximum absolute atomic E-state index is 13.1. The van der Waals surface area contributed by atoms with Gasteiger partial charge < -0.3 is 4.74 Å². The van der Waals surface area contributed by atoms with Crippen molar-refractivity contribution in [1.82, 2.24) is 0 Å². The number of hydrogen-bond donors (Lipinski definition) is 0. The van der Waals surface area contributed by atoms with E-state index in [2.05, 4.69) is 0 Å². The molecule has 0 N–H and O–H groups in total. The maximum Gasteiger partial charge on any atom is 0.455 e. The number of ether oxygens (including phenoxy) is 2. The van der Waals surface area contributed by atoms with Gasteiger partial charge in [-0.1, -0.05) is 0 Å². The summed E-state index contributed by atoms with van der Waals surface area (Å²) in [6, 6.07) is 0. The Morgan fingerprint density at radius 3 is 0.763 bits per heavy atom. The summed E-state index contributed by atoms with van der Waals surface area (Å²) in [6.45, 7) is 0. The second-order valence-electron chi connectivity index (χ2n) is 6.90. The van der Waals surface area contributed by atoms with Crippen molar-refractivity contribution in [3.8, 4) is 0 Å². The van der Waals surface area contributed by atoms with Gasteiger partial charge in [-0.05, 0) is 0 Å². The lowest BCUT2D eigenvalue weighted by Crippen LogP contribution is -2.90. The Morgan fingerprint density at radius 2 is 0.632 bits per heavy atom. The van der Waals surface area contributed by atoms with Gasteiger partial charge in [0.05, 0.1) is 0 Å². The molecule has 0 aliphatic carbocycles. The first-order chi connectivity index (χ1) is 15.9. The van der Waals surface area contributed by atoms with Crippen LogP contribution < -0.4 is 0 Å². The van der Waals surface area contributed by atoms with Crippen LogP contribution in [0.2, 0.25) is 0 Å². The minimum Gasteiger partial charge on any atom is -0.304 e. The van der Waals surface area contributed by atoms with Crippen LogP contribution in [0.4, 0.5) is 105 Å². The molecule has 0 aromatic rings. The lowest BCUT2D eigenvalue weighted by Gasteiger charge is -2.57. The molecule has 0 saturated carbocycles. The van der Waals surface area contributed by atoms with Gasteiger partial charge in [0, 0.05) is 0 Å². The Bertz CT molecular complexity index is 854. The third kappa shape index (κ3) is 3.77. The smallest absolute Gasteiger partial charge is 0.304 e. The fraction of sp³-hybridized carbons (Fsp3) is 1.00. The first-order valence-corrected chi connectivity index (χ1v) is 7.85. The average molecular weight is 632 g/mol. The highest BCUT2D eigenvalue weighted by atomic mass is 19.4. The summed E-state index contributed by atoms with van der Waals surface area (Å²) in [6.07, 6.45) is -48.5. The maximum atomic E-state index is 13.1. The molecule has 2 saturated heterocycles. The fourth-order valence-electron chi connectivity index (χ4n) is 2.91. The number of rotatable bonds is 0. The van der Waals surface area contributed by atoms with Crippen molar-refractivity contribution in [3.63, 3.8) is 0 Å². The van der Waals surface area contributed by atoms with Crippen LogP contribution in [0.1, 0.15) is 0 Å². The molecule has 2 heterocycles. The van der Waals surface area contributed by atoms with Crippen LogP contribution in [0.5, 0.6) is 0 Å². The normalized spacial score (nSPS) is 30.9. The van der Waals surface area contributed by atoms with Crippen LogP contribution in [0.3, 0.4) is 0 Å². The summed E-state index contributed by atoms with van der Waals surface area (Å²) in [7, 11) is 0. The van der Waals surface area contributed by atoms with E-state index in [9.17, 15) is 105 Å². The summed E-state index contributed by atoms with van der Waals surface area (Å²) in [5.74, 6) is -13.3. The van der Waals surface area contributed by atoms with Gasteiger partial charge in [0.15, 0.2) is 0 Å². The zero-order valence-electron chi connectivity index (χ0n) is 15.9. The Balaban J connectivity index is 0.000000380. The van der Waals surface area contributed by atoms with Crippen LogP contribution >= 0.6 is 0 Å². The van der Waals surface area contributed by atoms with Gasteiger partial charge >= 0.3 is 71.8 Å². The highest BCUT2D eigenvalue weighted by Crippen LogP contribution is 2.72. The van der Waals surface area contributed by atoms with E-state index in [4.69, 9.17) is 0 Å². The highest BCUT2D eigenvalue weighted by molar-refractivity contribution is 5.25. The topological polar surface area (TPSA) is 18.5 Å². The monoisotopic (exact) mass is 632 g/mol. The molecule has 38 heavy (non-hydrogen) atoms. The van der Waals surface area contributed by atoms with Crippen LogP contribution in [-0.4, -0.2) is 71.8 Å². The van der Waals surface area contributed by atoms with Crippen molar-refractivity contribution >= 4 is 0 Å². The molecule has 2 nitrogen and oxygen atoms in total. The van der Waals surface area contributed by atoms with Crippen molar-refractivity contribution in [2.75, 3.05) is 0 Å². The van der Waals surface area contributed by atoms with Crippen molar-refractivity contribution in [2.45, 2.75) is 71.8 Å². The van der Waals surface area contributed by atoms with E-state index in [1.165, 1.54) is 0 Å². The SMILES string of the molecule is FC(F)(F)C1(F)C(F)(F)OC1(C(F)(F)F)C(F)(F)F.FC(F)(F)C1(F)OC(C(F)(F)F)(C(F)(F)F)C1(F)F. The van der Waals surface area contributed by atoms with Gasteiger partial charge in [0.2, 0.25) is 0 Å². The van der Waals surface area contributed by atoms with Crippen LogP contribution in [0, 0.1) is 0 Å². The summed E-state index contributed by atoms with van der Waals surface area (Å²) in [5.41, 5.74) is -20.2. The molecule has 2 aliphatic heterocycles. The standard InChI is InChI=1S/2C6F12O/c7-2(8)1(4(10,11)12,5(13,14)15)19-3(2,9)6(16,17)18;7-1(3(8,9)10)2(4(11,12)13,5(14,15)16)19-6(1,17)18. The minimum absolute atomic E-state index is 2.01. The van der Waals surface area contributed by atoms with Gasteiger partial charge in [-0.2, -0.15) is 101 Å². The van der Waals surface area contributed by atoms with Gasteiger partial charge in [-0.3, -0.25) is 4.74 Å². The van der Waals surface area contributed by atoms with E-state index in [1.807, 2.05) is 9.47 Å². The van der Waals surface area contributed by atoms with Crippen molar-refractivity contribution in [2.24, 2.45) is 0 Å². The minimum atomic E-state index is -7.17. The van der Waals surface area contributed by atoms with Crippen molar-refractivity contribution in [3.05, 3.63) is 0 Å². The van der Waals surface area contributed by atoms with E-state index >= 15 is 0 Å². The van der Waals surface area contributed by atoms with Gasteiger partial charge in [0.25, 0.3) is 0 Å². The lowest BCUT2D eigenvalue weighted by molar-refractivity contribution is -0.605. The summed E-state index contributed by atoms with van der Waals surface area (Å²) in [4.78, 5) is 0. The lowest BCUT2D eigenvalue weighted by atomic mass is 9.75. The second kappa shape index (κ2) is 7.92. The quantitative estimate of drug-likeness (QED) is 0.258. The predicted octanol–water partition coefficient (Wildman–Crippen LogP) is 7.49. The molecule has 0 amide bonds. The molecule has 2 aliphatic rings. The average Bonchev–Trinajstić information content (AvgIpc) is 2.57. The molecule has 0 radical (unpaired) electrons. The molecule has 2 rings (SSSR count). The molecule has 0 spiro atoms. The molecule has 2 unspecified atom stereocenters. The highest BCUT2D eigenvalue weighted by Gasteiger charge is 3.05. The third-order valence-electron chi connectivity index (χ3n) is 4.66. The van der Waals surface area contributed by atoms with Crippen LogP contribution in [-0.2, 0) is 9.47 Å². The van der Waals surface area contributed by atoms with E-state index in [0.717, 1.165) is 0 Å². The van der Waals surface area contributed by atoms with Gasteiger partial charge in [0.1, 0.15) is 0 Å². The van der Waals surface area contributed by atoms with Crippen LogP contribution in [0.15, 0.2) is 0 Å². The summed E-state index contributed by atoms with van der Waals surface area (Å²) >= 11 is 0. The number of alkyl halides is 24. The predicted molar refractivity (Wildman–Crippen MR) is 61.5 cm³/mol. The molecular weight excluding hydrogens is 632 g/mol. The molecular formula is C12F24O2.